The minimum atomic E-state index is -0.779. The Balaban J connectivity index is 2.50. The molecule has 0 saturated heterocycles. The third kappa shape index (κ3) is 4.88. The van der Waals surface area contributed by atoms with Gasteiger partial charge in [0.2, 0.25) is 0 Å². The lowest BCUT2D eigenvalue weighted by Crippen LogP contribution is -2.26. The summed E-state index contributed by atoms with van der Waals surface area (Å²) in [5, 5.41) is 12.2. The average molecular weight is 324 g/mol. The van der Waals surface area contributed by atoms with Gasteiger partial charge in [0.15, 0.2) is 0 Å². The van der Waals surface area contributed by atoms with Crippen molar-refractivity contribution in [2.24, 2.45) is 0 Å². The normalized spacial score (nSPS) is 12.8. The van der Waals surface area contributed by atoms with Gasteiger partial charge in [-0.25, -0.2) is 8.78 Å². The number of rotatable bonds is 6. The van der Waals surface area contributed by atoms with Crippen LogP contribution in [0.4, 0.5) is 14.5 Å². The summed E-state index contributed by atoms with van der Waals surface area (Å²) in [6.07, 6.45) is -0.764. The molecule has 0 radical (unpaired) electrons. The van der Waals surface area contributed by atoms with Crippen molar-refractivity contribution in [3.05, 3.63) is 28.2 Å². The van der Waals surface area contributed by atoms with Gasteiger partial charge in [-0.2, -0.15) is 0 Å². The van der Waals surface area contributed by atoms with Gasteiger partial charge in [-0.1, -0.05) is 0 Å². The first kappa shape index (κ1) is 15.3. The number of halogens is 3. The highest BCUT2D eigenvalue weighted by molar-refractivity contribution is 9.10. The molecule has 0 aromatic heterocycles. The molecule has 0 saturated carbocycles. The molecule has 0 spiro atoms. The van der Waals surface area contributed by atoms with Gasteiger partial charge in [-0.15, -0.1) is 0 Å². The van der Waals surface area contributed by atoms with Crippen LogP contribution in [0.2, 0.25) is 0 Å². The van der Waals surface area contributed by atoms with Crippen molar-refractivity contribution >= 4 is 21.6 Å². The molecule has 18 heavy (non-hydrogen) atoms. The first-order chi connectivity index (χ1) is 8.40. The maximum atomic E-state index is 13.4. The Morgan fingerprint density at radius 1 is 1.33 bits per heavy atom. The van der Waals surface area contributed by atoms with E-state index < -0.39 is 17.7 Å². The van der Waals surface area contributed by atoms with Crippen molar-refractivity contribution in [3.63, 3.8) is 0 Å². The van der Waals surface area contributed by atoms with Gasteiger partial charge >= 0.3 is 0 Å². The number of nitrogens with one attached hydrogen (secondary N) is 1. The van der Waals surface area contributed by atoms with E-state index in [-0.39, 0.29) is 29.4 Å². The highest BCUT2D eigenvalue weighted by atomic mass is 79.9. The predicted molar refractivity (Wildman–Crippen MR) is 69.6 cm³/mol. The number of hydrogen-bond acceptors (Lipinski definition) is 3. The van der Waals surface area contributed by atoms with E-state index in [2.05, 4.69) is 21.2 Å². The molecule has 1 rings (SSSR count). The maximum absolute atomic E-state index is 13.4. The predicted octanol–water partition coefficient (Wildman–Crippen LogP) is 2.93. The van der Waals surface area contributed by atoms with Crippen LogP contribution < -0.4 is 5.32 Å². The molecule has 0 fully saturated rings. The fourth-order valence-electron chi connectivity index (χ4n) is 1.25. The van der Waals surface area contributed by atoms with Crippen LogP contribution in [-0.4, -0.2) is 30.5 Å². The molecule has 6 heteroatoms. The van der Waals surface area contributed by atoms with Crippen LogP contribution in [0.1, 0.15) is 13.8 Å². The van der Waals surface area contributed by atoms with Crippen molar-refractivity contribution in [2.75, 3.05) is 18.5 Å². The molecular weight excluding hydrogens is 308 g/mol. The molecule has 0 aliphatic rings. The summed E-state index contributed by atoms with van der Waals surface area (Å²) < 4.78 is 31.9. The largest absolute Gasteiger partial charge is 0.389 e. The fourth-order valence-corrected chi connectivity index (χ4v) is 1.56. The summed E-state index contributed by atoms with van der Waals surface area (Å²) in [6, 6.07) is 2.07. The number of aliphatic hydroxyl groups excluding tert-OH is 1. The van der Waals surface area contributed by atoms with Crippen LogP contribution in [0, 0.1) is 11.6 Å². The summed E-state index contributed by atoms with van der Waals surface area (Å²) in [7, 11) is 0. The average Bonchev–Trinajstić information content (AvgIpc) is 2.29. The van der Waals surface area contributed by atoms with Crippen molar-refractivity contribution in [1.82, 2.24) is 0 Å². The first-order valence-electron chi connectivity index (χ1n) is 5.58. The van der Waals surface area contributed by atoms with Gasteiger partial charge < -0.3 is 15.2 Å². The Hall–Kier alpha value is -0.720. The number of aliphatic hydroxyl groups is 1. The Kier molecular flexibility index (Phi) is 5.98. The molecular formula is C12H16BrF2NO2. The van der Waals surface area contributed by atoms with Gasteiger partial charge in [-0.3, -0.25) is 0 Å². The highest BCUT2D eigenvalue weighted by Crippen LogP contribution is 2.23. The highest BCUT2D eigenvalue weighted by Gasteiger charge is 2.10. The van der Waals surface area contributed by atoms with Crippen LogP contribution in [0.15, 0.2) is 16.6 Å². The second kappa shape index (κ2) is 7.01. The zero-order valence-corrected chi connectivity index (χ0v) is 11.8. The second-order valence-electron chi connectivity index (χ2n) is 4.16. The number of ether oxygens (including phenoxy) is 1. The van der Waals surface area contributed by atoms with Crippen molar-refractivity contribution in [1.29, 1.82) is 0 Å². The van der Waals surface area contributed by atoms with Crippen LogP contribution in [0.5, 0.6) is 0 Å². The first-order valence-corrected chi connectivity index (χ1v) is 6.37. The minimum absolute atomic E-state index is 0.0132. The smallest absolute Gasteiger partial charge is 0.147 e. The summed E-state index contributed by atoms with van der Waals surface area (Å²) in [5.41, 5.74) is 0.0132. The van der Waals surface area contributed by atoms with Crippen LogP contribution >= 0.6 is 15.9 Å². The van der Waals surface area contributed by atoms with Gasteiger partial charge in [-0.05, 0) is 35.8 Å². The SMILES string of the molecule is CC(C)OCC(O)CNc1cc(F)c(Br)cc1F. The molecule has 102 valence electrons. The Morgan fingerprint density at radius 3 is 2.61 bits per heavy atom. The summed E-state index contributed by atoms with van der Waals surface area (Å²) in [6.45, 7) is 3.93. The van der Waals surface area contributed by atoms with Gasteiger partial charge in [0.25, 0.3) is 0 Å². The summed E-state index contributed by atoms with van der Waals surface area (Å²) >= 11 is 2.89. The Bertz CT molecular complexity index is 402. The molecule has 0 aliphatic carbocycles. The number of benzene rings is 1. The van der Waals surface area contributed by atoms with E-state index in [0.29, 0.717) is 0 Å². The number of hydrogen-bond donors (Lipinski definition) is 2. The van der Waals surface area contributed by atoms with Gasteiger partial charge in [0.05, 0.1) is 29.0 Å². The van der Waals surface area contributed by atoms with E-state index in [1.54, 1.807) is 0 Å². The monoisotopic (exact) mass is 323 g/mol. The molecule has 0 bridgehead atoms. The standard InChI is InChI=1S/C12H16BrF2NO2/c1-7(2)18-6-8(17)5-16-12-4-10(14)9(13)3-11(12)15/h3-4,7-8,16-17H,5-6H2,1-2H3. The lowest BCUT2D eigenvalue weighted by atomic mass is 10.2. The molecule has 3 nitrogen and oxygen atoms in total. The van der Waals surface area contributed by atoms with E-state index in [1.807, 2.05) is 13.8 Å². The molecule has 0 aliphatic heterocycles. The van der Waals surface area contributed by atoms with E-state index in [4.69, 9.17) is 4.74 Å². The topological polar surface area (TPSA) is 41.5 Å². The van der Waals surface area contributed by atoms with E-state index in [1.165, 1.54) is 0 Å². The van der Waals surface area contributed by atoms with Crippen LogP contribution in [0.3, 0.4) is 0 Å². The molecule has 1 atom stereocenters. The molecule has 1 aromatic rings. The maximum Gasteiger partial charge on any atom is 0.147 e. The third-order valence-electron chi connectivity index (χ3n) is 2.16. The van der Waals surface area contributed by atoms with Gasteiger partial charge in [0, 0.05) is 12.6 Å². The Morgan fingerprint density at radius 2 is 2.00 bits per heavy atom. The summed E-state index contributed by atoms with van der Waals surface area (Å²) in [4.78, 5) is 0. The molecule has 0 heterocycles. The minimum Gasteiger partial charge on any atom is -0.389 e. The zero-order chi connectivity index (χ0) is 13.7. The van der Waals surface area contributed by atoms with Crippen LogP contribution in [0.25, 0.3) is 0 Å². The second-order valence-corrected chi connectivity index (χ2v) is 5.02. The lowest BCUT2D eigenvalue weighted by Gasteiger charge is -2.15. The van der Waals surface area contributed by atoms with Crippen molar-refractivity contribution < 1.29 is 18.6 Å². The van der Waals surface area contributed by atoms with Crippen LogP contribution in [-0.2, 0) is 4.74 Å². The molecule has 2 N–H and O–H groups in total. The van der Waals surface area contributed by atoms with E-state index >= 15 is 0 Å². The van der Waals surface area contributed by atoms with Gasteiger partial charge in [0.1, 0.15) is 11.6 Å². The lowest BCUT2D eigenvalue weighted by molar-refractivity contribution is 0.0112. The third-order valence-corrected chi connectivity index (χ3v) is 2.77. The van der Waals surface area contributed by atoms with E-state index in [0.717, 1.165) is 12.1 Å². The number of anilines is 1. The van der Waals surface area contributed by atoms with Crippen molar-refractivity contribution in [2.45, 2.75) is 26.1 Å². The molecule has 1 unspecified atom stereocenters. The van der Waals surface area contributed by atoms with E-state index in [9.17, 15) is 13.9 Å². The van der Waals surface area contributed by atoms with Crippen molar-refractivity contribution in [3.8, 4) is 0 Å². The molecule has 0 amide bonds. The quantitative estimate of drug-likeness (QED) is 0.791. The fraction of sp³-hybridized carbons (Fsp3) is 0.500. The zero-order valence-electron chi connectivity index (χ0n) is 10.2. The molecule has 1 aromatic carbocycles. The summed E-state index contributed by atoms with van der Waals surface area (Å²) in [5.74, 6) is -1.15. The Labute approximate surface area is 113 Å².